The largest absolute Gasteiger partial charge is 0.497 e. The van der Waals surface area contributed by atoms with Gasteiger partial charge in [-0.05, 0) is 25.0 Å². The van der Waals surface area contributed by atoms with Gasteiger partial charge in [-0.3, -0.25) is 0 Å². The molecule has 0 atom stereocenters. The van der Waals surface area contributed by atoms with Gasteiger partial charge in [-0.2, -0.15) is 0 Å². The Kier molecular flexibility index (Phi) is 4.81. The predicted molar refractivity (Wildman–Crippen MR) is 86.2 cm³/mol. The van der Waals surface area contributed by atoms with E-state index in [0.29, 0.717) is 17.4 Å². The normalized spacial score (nSPS) is 15.6. The Hall–Kier alpha value is -2.08. The lowest BCUT2D eigenvalue weighted by atomic mass is 9.86. The van der Waals surface area contributed by atoms with E-state index >= 15 is 0 Å². The molecule has 0 radical (unpaired) electrons. The molecule has 1 N–H and O–H groups in total. The molecule has 1 aromatic heterocycles. The van der Waals surface area contributed by atoms with Gasteiger partial charge in [-0.15, -0.1) is 5.10 Å². The summed E-state index contributed by atoms with van der Waals surface area (Å²) in [5.74, 6) is 1.81. The average molecular weight is 317 g/mol. The number of hydrogen-bond donors (Lipinski definition) is 1. The number of aliphatic hydroxyl groups excluding tert-OH is 1. The minimum atomic E-state index is -0.0991. The van der Waals surface area contributed by atoms with Gasteiger partial charge >= 0.3 is 0 Å². The third-order valence-electron chi connectivity index (χ3n) is 4.53. The van der Waals surface area contributed by atoms with E-state index in [1.165, 1.54) is 19.3 Å². The van der Waals surface area contributed by atoms with E-state index in [1.807, 2.05) is 22.9 Å². The number of benzene rings is 1. The summed E-state index contributed by atoms with van der Waals surface area (Å²) >= 11 is 0. The molecule has 3 rings (SSSR count). The van der Waals surface area contributed by atoms with Crippen LogP contribution in [0.4, 0.5) is 0 Å². The second kappa shape index (κ2) is 7.00. The summed E-state index contributed by atoms with van der Waals surface area (Å²) < 4.78 is 12.6. The Balaban J connectivity index is 2.11. The highest BCUT2D eigenvalue weighted by Gasteiger charge is 2.26. The fourth-order valence-electron chi connectivity index (χ4n) is 3.36. The summed E-state index contributed by atoms with van der Waals surface area (Å²) in [6, 6.07) is 5.60. The molecular weight excluding hydrogens is 294 g/mol. The quantitative estimate of drug-likeness (QED) is 0.918. The van der Waals surface area contributed by atoms with Gasteiger partial charge in [0.15, 0.2) is 0 Å². The van der Waals surface area contributed by atoms with E-state index in [-0.39, 0.29) is 6.61 Å². The molecule has 0 amide bonds. The zero-order valence-electron chi connectivity index (χ0n) is 13.7. The maximum absolute atomic E-state index is 9.66. The average Bonchev–Trinajstić information content (AvgIpc) is 3.05. The van der Waals surface area contributed by atoms with Crippen molar-refractivity contribution in [1.29, 1.82) is 0 Å². The molecule has 0 spiro atoms. The van der Waals surface area contributed by atoms with Crippen LogP contribution in [-0.4, -0.2) is 34.3 Å². The summed E-state index contributed by atoms with van der Waals surface area (Å²) in [4.78, 5) is 0. The van der Waals surface area contributed by atoms with Crippen molar-refractivity contribution in [2.24, 2.45) is 0 Å². The molecule has 6 heteroatoms. The lowest BCUT2D eigenvalue weighted by Crippen LogP contribution is -2.13. The minimum absolute atomic E-state index is 0.0991. The van der Waals surface area contributed by atoms with Crippen molar-refractivity contribution in [3.63, 3.8) is 0 Å². The second-order valence-corrected chi connectivity index (χ2v) is 5.86. The zero-order chi connectivity index (χ0) is 16.2. The first kappa shape index (κ1) is 15.8. The van der Waals surface area contributed by atoms with Crippen LogP contribution in [0.25, 0.3) is 5.69 Å². The van der Waals surface area contributed by atoms with Crippen molar-refractivity contribution >= 4 is 0 Å². The van der Waals surface area contributed by atoms with Crippen LogP contribution in [0.2, 0.25) is 0 Å². The van der Waals surface area contributed by atoms with Crippen LogP contribution < -0.4 is 9.47 Å². The van der Waals surface area contributed by atoms with Gasteiger partial charge in [0.2, 0.25) is 0 Å². The van der Waals surface area contributed by atoms with Crippen molar-refractivity contribution in [2.75, 3.05) is 14.2 Å². The van der Waals surface area contributed by atoms with Crippen molar-refractivity contribution < 1.29 is 14.6 Å². The van der Waals surface area contributed by atoms with Gasteiger partial charge in [0.1, 0.15) is 22.9 Å². The van der Waals surface area contributed by atoms with Gasteiger partial charge in [0, 0.05) is 12.0 Å². The maximum Gasteiger partial charge on any atom is 0.144 e. The van der Waals surface area contributed by atoms with E-state index < -0.39 is 0 Å². The standard InChI is InChI=1S/C17H23N3O3/c1-22-13-8-9-16(23-2)15(10-13)20-17(14(11-21)18-19-20)12-6-4-3-5-7-12/h8-10,12,21H,3-7,11H2,1-2H3. The smallest absolute Gasteiger partial charge is 0.144 e. The van der Waals surface area contributed by atoms with Crippen LogP contribution in [0.1, 0.15) is 49.4 Å². The number of rotatable bonds is 5. The molecule has 124 valence electrons. The van der Waals surface area contributed by atoms with Crippen LogP contribution in [0.15, 0.2) is 18.2 Å². The number of ether oxygens (including phenoxy) is 2. The highest BCUT2D eigenvalue weighted by molar-refractivity contribution is 5.52. The molecule has 0 aliphatic heterocycles. The molecule has 1 fully saturated rings. The van der Waals surface area contributed by atoms with E-state index in [2.05, 4.69) is 10.3 Å². The number of methoxy groups -OCH3 is 2. The zero-order valence-corrected chi connectivity index (χ0v) is 13.7. The van der Waals surface area contributed by atoms with Gasteiger partial charge in [-0.1, -0.05) is 24.5 Å². The highest BCUT2D eigenvalue weighted by Crippen LogP contribution is 2.37. The molecule has 2 aromatic rings. The molecule has 6 nitrogen and oxygen atoms in total. The third-order valence-corrected chi connectivity index (χ3v) is 4.53. The van der Waals surface area contributed by atoms with Gasteiger partial charge in [0.05, 0.1) is 26.5 Å². The topological polar surface area (TPSA) is 69.4 Å². The summed E-state index contributed by atoms with van der Waals surface area (Å²) in [7, 11) is 3.27. The van der Waals surface area contributed by atoms with Crippen LogP contribution in [-0.2, 0) is 6.61 Å². The lowest BCUT2D eigenvalue weighted by molar-refractivity contribution is 0.273. The molecule has 0 bridgehead atoms. The lowest BCUT2D eigenvalue weighted by Gasteiger charge is -2.23. The van der Waals surface area contributed by atoms with E-state index in [1.54, 1.807) is 14.2 Å². The van der Waals surface area contributed by atoms with Crippen LogP contribution in [0.5, 0.6) is 11.5 Å². The van der Waals surface area contributed by atoms with Crippen LogP contribution in [0.3, 0.4) is 0 Å². The van der Waals surface area contributed by atoms with Crippen LogP contribution >= 0.6 is 0 Å². The fraction of sp³-hybridized carbons (Fsp3) is 0.529. The van der Waals surface area contributed by atoms with Gasteiger partial charge < -0.3 is 14.6 Å². The molecular formula is C17H23N3O3. The molecule has 1 aromatic carbocycles. The van der Waals surface area contributed by atoms with Crippen molar-refractivity contribution in [2.45, 2.75) is 44.6 Å². The summed E-state index contributed by atoms with van der Waals surface area (Å²) in [6.45, 7) is -0.0991. The maximum atomic E-state index is 9.66. The first-order chi connectivity index (χ1) is 11.3. The number of aromatic nitrogens is 3. The van der Waals surface area contributed by atoms with Crippen molar-refractivity contribution in [3.8, 4) is 17.2 Å². The molecule has 1 aliphatic rings. The fourth-order valence-corrected chi connectivity index (χ4v) is 3.36. The Labute approximate surface area is 136 Å². The Morgan fingerprint density at radius 1 is 1.17 bits per heavy atom. The third kappa shape index (κ3) is 3.03. The Morgan fingerprint density at radius 3 is 2.61 bits per heavy atom. The SMILES string of the molecule is COc1ccc(OC)c(-n2nnc(CO)c2C2CCCCC2)c1. The van der Waals surface area contributed by atoms with Crippen molar-refractivity contribution in [3.05, 3.63) is 29.6 Å². The molecule has 0 unspecified atom stereocenters. The van der Waals surface area contributed by atoms with Crippen LogP contribution in [0, 0.1) is 0 Å². The van der Waals surface area contributed by atoms with E-state index in [4.69, 9.17) is 9.47 Å². The monoisotopic (exact) mass is 317 g/mol. The summed E-state index contributed by atoms with van der Waals surface area (Å²) in [6.07, 6.45) is 5.89. The van der Waals surface area contributed by atoms with E-state index in [0.717, 1.165) is 30.0 Å². The number of nitrogens with zero attached hydrogens (tertiary/aromatic N) is 3. The van der Waals surface area contributed by atoms with E-state index in [9.17, 15) is 5.11 Å². The number of hydrogen-bond acceptors (Lipinski definition) is 5. The summed E-state index contributed by atoms with van der Waals surface area (Å²) in [5, 5.41) is 18.1. The van der Waals surface area contributed by atoms with Gasteiger partial charge in [0.25, 0.3) is 0 Å². The first-order valence-electron chi connectivity index (χ1n) is 8.06. The molecule has 1 saturated carbocycles. The highest BCUT2D eigenvalue weighted by atomic mass is 16.5. The minimum Gasteiger partial charge on any atom is -0.497 e. The van der Waals surface area contributed by atoms with Gasteiger partial charge in [-0.25, -0.2) is 4.68 Å². The Morgan fingerprint density at radius 2 is 1.96 bits per heavy atom. The Bertz CT molecular complexity index is 663. The molecule has 23 heavy (non-hydrogen) atoms. The molecule has 1 aliphatic carbocycles. The summed E-state index contributed by atoms with van der Waals surface area (Å²) in [5.41, 5.74) is 2.44. The molecule has 0 saturated heterocycles. The molecule has 1 heterocycles. The predicted octanol–water partition coefficient (Wildman–Crippen LogP) is 2.82. The van der Waals surface area contributed by atoms with Crippen molar-refractivity contribution in [1.82, 2.24) is 15.0 Å². The first-order valence-corrected chi connectivity index (χ1v) is 8.06. The number of aliphatic hydroxyl groups is 1. The second-order valence-electron chi connectivity index (χ2n) is 5.86.